The molecular formula is C17H23ClN4O3S. The van der Waals surface area contributed by atoms with Gasteiger partial charge in [-0.1, -0.05) is 23.4 Å². The zero-order valence-electron chi connectivity index (χ0n) is 14.9. The molecule has 0 saturated heterocycles. The van der Waals surface area contributed by atoms with Crippen molar-refractivity contribution in [3.05, 3.63) is 29.3 Å². The minimum absolute atomic E-state index is 0.0413. The molecule has 0 bridgehead atoms. The third-order valence-corrected chi connectivity index (χ3v) is 4.74. The summed E-state index contributed by atoms with van der Waals surface area (Å²) < 4.78 is 12.1. The molecule has 1 amide bonds. The summed E-state index contributed by atoms with van der Waals surface area (Å²) in [5.74, 6) is 0.959. The number of aromatic nitrogens is 3. The SMILES string of the molecule is COCCCNC(=O)CSc1nnc(-c2ccc(Cl)cc2)n1CCOC. The lowest BCUT2D eigenvalue weighted by molar-refractivity contribution is -0.118. The van der Waals surface area contributed by atoms with E-state index in [9.17, 15) is 4.79 Å². The fourth-order valence-electron chi connectivity index (χ4n) is 2.22. The van der Waals surface area contributed by atoms with Crippen molar-refractivity contribution in [3.63, 3.8) is 0 Å². The molecule has 0 saturated carbocycles. The van der Waals surface area contributed by atoms with Crippen LogP contribution in [0.3, 0.4) is 0 Å². The average molecular weight is 399 g/mol. The second kappa shape index (κ2) is 11.2. The summed E-state index contributed by atoms with van der Waals surface area (Å²) in [6.45, 7) is 2.34. The lowest BCUT2D eigenvalue weighted by atomic mass is 10.2. The van der Waals surface area contributed by atoms with Gasteiger partial charge in [0, 0.05) is 38.0 Å². The predicted molar refractivity (Wildman–Crippen MR) is 103 cm³/mol. The molecule has 0 fully saturated rings. The van der Waals surface area contributed by atoms with E-state index in [0.717, 1.165) is 17.8 Å². The Morgan fingerprint density at radius 1 is 1.19 bits per heavy atom. The molecule has 0 aliphatic rings. The van der Waals surface area contributed by atoms with Crippen LogP contribution in [0.25, 0.3) is 11.4 Å². The van der Waals surface area contributed by atoms with Crippen molar-refractivity contribution in [2.75, 3.05) is 39.7 Å². The number of benzene rings is 1. The van der Waals surface area contributed by atoms with Gasteiger partial charge < -0.3 is 14.8 Å². The Balaban J connectivity index is 2.03. The molecule has 2 aromatic rings. The van der Waals surface area contributed by atoms with E-state index in [1.165, 1.54) is 11.8 Å². The van der Waals surface area contributed by atoms with Crippen molar-refractivity contribution in [2.24, 2.45) is 0 Å². The Bertz CT molecular complexity index is 694. The van der Waals surface area contributed by atoms with Crippen LogP contribution in [0.5, 0.6) is 0 Å². The van der Waals surface area contributed by atoms with Crippen LogP contribution in [0.2, 0.25) is 5.02 Å². The van der Waals surface area contributed by atoms with Crippen molar-refractivity contribution >= 4 is 29.3 Å². The summed E-state index contributed by atoms with van der Waals surface area (Å²) in [6.07, 6.45) is 0.789. The molecular weight excluding hydrogens is 376 g/mol. The molecule has 2 rings (SSSR count). The first-order valence-corrected chi connectivity index (χ1v) is 9.58. The van der Waals surface area contributed by atoms with Crippen molar-refractivity contribution in [3.8, 4) is 11.4 Å². The molecule has 142 valence electrons. The molecule has 0 aliphatic carbocycles. The number of ether oxygens (including phenoxy) is 2. The second-order valence-corrected chi connectivity index (χ2v) is 6.82. The number of methoxy groups -OCH3 is 2. The van der Waals surface area contributed by atoms with Gasteiger partial charge in [0.15, 0.2) is 11.0 Å². The van der Waals surface area contributed by atoms with Crippen LogP contribution in [0.4, 0.5) is 0 Å². The van der Waals surface area contributed by atoms with Crippen molar-refractivity contribution in [1.29, 1.82) is 0 Å². The number of amides is 1. The van der Waals surface area contributed by atoms with Crippen LogP contribution in [0.1, 0.15) is 6.42 Å². The van der Waals surface area contributed by atoms with Crippen molar-refractivity contribution in [1.82, 2.24) is 20.1 Å². The fraction of sp³-hybridized carbons (Fsp3) is 0.471. The molecule has 1 aromatic heterocycles. The molecule has 1 aromatic carbocycles. The third-order valence-electron chi connectivity index (χ3n) is 3.52. The highest BCUT2D eigenvalue weighted by molar-refractivity contribution is 7.99. The Morgan fingerprint density at radius 2 is 1.92 bits per heavy atom. The summed E-state index contributed by atoms with van der Waals surface area (Å²) in [7, 11) is 3.29. The molecule has 0 aliphatic heterocycles. The summed E-state index contributed by atoms with van der Waals surface area (Å²) in [4.78, 5) is 11.9. The lowest BCUT2D eigenvalue weighted by Gasteiger charge is -2.10. The van der Waals surface area contributed by atoms with Crippen LogP contribution in [0, 0.1) is 0 Å². The predicted octanol–water partition coefficient (Wildman–Crippen LogP) is 2.49. The van der Waals surface area contributed by atoms with Gasteiger partial charge in [-0.3, -0.25) is 9.36 Å². The van der Waals surface area contributed by atoms with Crippen LogP contribution < -0.4 is 5.32 Å². The largest absolute Gasteiger partial charge is 0.385 e. The smallest absolute Gasteiger partial charge is 0.230 e. The molecule has 9 heteroatoms. The number of carbonyl (C=O) groups is 1. The summed E-state index contributed by atoms with van der Waals surface area (Å²) in [6, 6.07) is 7.41. The fourth-order valence-corrected chi connectivity index (χ4v) is 3.14. The monoisotopic (exact) mass is 398 g/mol. The first-order valence-electron chi connectivity index (χ1n) is 8.22. The highest BCUT2D eigenvalue weighted by Crippen LogP contribution is 2.25. The molecule has 0 atom stereocenters. The van der Waals surface area contributed by atoms with E-state index in [0.29, 0.717) is 36.5 Å². The van der Waals surface area contributed by atoms with Crippen LogP contribution >= 0.6 is 23.4 Å². The Labute approximate surface area is 162 Å². The molecule has 1 heterocycles. The summed E-state index contributed by atoms with van der Waals surface area (Å²) >= 11 is 7.31. The first kappa shape index (κ1) is 20.7. The quantitative estimate of drug-likeness (QED) is 0.463. The zero-order chi connectivity index (χ0) is 18.8. The summed E-state index contributed by atoms with van der Waals surface area (Å²) in [5.41, 5.74) is 0.911. The van der Waals surface area contributed by atoms with Gasteiger partial charge in [0.05, 0.1) is 18.9 Å². The topological polar surface area (TPSA) is 78.3 Å². The lowest BCUT2D eigenvalue weighted by Crippen LogP contribution is -2.27. The molecule has 0 radical (unpaired) electrons. The summed E-state index contributed by atoms with van der Waals surface area (Å²) in [5, 5.41) is 12.7. The maximum absolute atomic E-state index is 11.9. The maximum atomic E-state index is 11.9. The second-order valence-electron chi connectivity index (χ2n) is 5.44. The van der Waals surface area contributed by atoms with Gasteiger partial charge >= 0.3 is 0 Å². The van der Waals surface area contributed by atoms with Gasteiger partial charge in [0.1, 0.15) is 0 Å². The zero-order valence-corrected chi connectivity index (χ0v) is 16.5. The highest BCUT2D eigenvalue weighted by Gasteiger charge is 2.15. The van der Waals surface area contributed by atoms with Crippen LogP contribution in [0.15, 0.2) is 29.4 Å². The number of hydrogen-bond donors (Lipinski definition) is 1. The Hall–Kier alpha value is -1.61. The van der Waals surface area contributed by atoms with Gasteiger partial charge in [-0.15, -0.1) is 10.2 Å². The minimum Gasteiger partial charge on any atom is -0.385 e. The molecule has 0 unspecified atom stereocenters. The van der Waals surface area contributed by atoms with E-state index >= 15 is 0 Å². The number of nitrogens with one attached hydrogen (secondary N) is 1. The number of halogens is 1. The highest BCUT2D eigenvalue weighted by atomic mass is 35.5. The van der Waals surface area contributed by atoms with Crippen molar-refractivity contribution in [2.45, 2.75) is 18.1 Å². The van der Waals surface area contributed by atoms with Gasteiger partial charge in [0.25, 0.3) is 0 Å². The van der Waals surface area contributed by atoms with Crippen LogP contribution in [-0.2, 0) is 20.8 Å². The number of hydrogen-bond acceptors (Lipinski definition) is 6. The van der Waals surface area contributed by atoms with Gasteiger partial charge in [-0.05, 0) is 30.7 Å². The van der Waals surface area contributed by atoms with E-state index in [4.69, 9.17) is 21.1 Å². The normalized spacial score (nSPS) is 10.9. The van der Waals surface area contributed by atoms with Gasteiger partial charge in [-0.2, -0.15) is 0 Å². The van der Waals surface area contributed by atoms with E-state index < -0.39 is 0 Å². The maximum Gasteiger partial charge on any atom is 0.230 e. The van der Waals surface area contributed by atoms with Crippen LogP contribution in [-0.4, -0.2) is 60.4 Å². The van der Waals surface area contributed by atoms with Crippen molar-refractivity contribution < 1.29 is 14.3 Å². The average Bonchev–Trinajstić information content (AvgIpc) is 3.05. The van der Waals surface area contributed by atoms with Gasteiger partial charge in [-0.25, -0.2) is 0 Å². The first-order chi connectivity index (χ1) is 12.7. The number of nitrogens with zero attached hydrogens (tertiary/aromatic N) is 3. The Kier molecular flexibility index (Phi) is 8.90. The van der Waals surface area contributed by atoms with E-state index in [-0.39, 0.29) is 11.7 Å². The minimum atomic E-state index is -0.0413. The van der Waals surface area contributed by atoms with E-state index in [1.807, 2.05) is 28.8 Å². The number of rotatable bonds is 11. The number of thioether (sulfide) groups is 1. The molecule has 26 heavy (non-hydrogen) atoms. The molecule has 7 nitrogen and oxygen atoms in total. The molecule has 0 spiro atoms. The van der Waals surface area contributed by atoms with E-state index in [2.05, 4.69) is 15.5 Å². The third kappa shape index (κ3) is 6.28. The standard InChI is InChI=1S/C17H23ClN4O3S/c1-24-10-3-8-19-15(23)12-26-17-21-20-16(22(17)9-11-25-2)13-4-6-14(18)7-5-13/h4-7H,3,8-12H2,1-2H3,(H,19,23). The van der Waals surface area contributed by atoms with E-state index in [1.54, 1.807) is 14.2 Å². The molecule has 1 N–H and O–H groups in total. The number of carbonyl (C=O) groups excluding carboxylic acids is 1. The van der Waals surface area contributed by atoms with Gasteiger partial charge in [0.2, 0.25) is 5.91 Å². The Morgan fingerprint density at radius 3 is 2.62 bits per heavy atom.